The number of amides is 1. The van der Waals surface area contributed by atoms with Crippen LogP contribution in [0.15, 0.2) is 24.3 Å². The third kappa shape index (κ3) is 3.89. The highest BCUT2D eigenvalue weighted by molar-refractivity contribution is 5.85. The number of carbonyl (C=O) groups excluding carboxylic acids is 1. The summed E-state index contributed by atoms with van der Waals surface area (Å²) < 4.78 is 0. The Morgan fingerprint density at radius 3 is 2.26 bits per heavy atom. The van der Waals surface area contributed by atoms with Crippen molar-refractivity contribution in [2.75, 3.05) is 13.6 Å². The molecule has 0 unspecified atom stereocenters. The first kappa shape index (κ1) is 18.3. The van der Waals surface area contributed by atoms with E-state index in [1.807, 2.05) is 11.9 Å². The lowest BCUT2D eigenvalue weighted by Gasteiger charge is -2.37. The minimum atomic E-state index is 0. The van der Waals surface area contributed by atoms with Gasteiger partial charge in [-0.05, 0) is 48.8 Å². The van der Waals surface area contributed by atoms with Gasteiger partial charge in [0.2, 0.25) is 5.91 Å². The van der Waals surface area contributed by atoms with Gasteiger partial charge in [0.15, 0.2) is 0 Å². The molecule has 1 fully saturated rings. The SMILES string of the molecule is CN(C(=O)CC1(CN)CCCCC1)C1Cc2ccccc2C1.Cl. The van der Waals surface area contributed by atoms with E-state index in [0.717, 1.165) is 25.7 Å². The van der Waals surface area contributed by atoms with Gasteiger partial charge in [-0.2, -0.15) is 0 Å². The molecule has 0 aromatic heterocycles. The fraction of sp³-hybridized carbons (Fsp3) is 0.632. The molecule has 3 nitrogen and oxygen atoms in total. The number of benzene rings is 1. The van der Waals surface area contributed by atoms with Crippen LogP contribution in [0.2, 0.25) is 0 Å². The highest BCUT2D eigenvalue weighted by Gasteiger charge is 2.36. The number of fused-ring (bicyclic) bond motifs is 1. The van der Waals surface area contributed by atoms with Crippen LogP contribution in [0.5, 0.6) is 0 Å². The first-order chi connectivity index (χ1) is 10.6. The molecule has 2 aliphatic carbocycles. The summed E-state index contributed by atoms with van der Waals surface area (Å²) in [5.74, 6) is 0.283. The van der Waals surface area contributed by atoms with Crippen LogP contribution < -0.4 is 5.73 Å². The summed E-state index contributed by atoms with van der Waals surface area (Å²) in [6, 6.07) is 8.89. The number of nitrogens with zero attached hydrogens (tertiary/aromatic N) is 1. The summed E-state index contributed by atoms with van der Waals surface area (Å²) in [7, 11) is 1.98. The molecule has 1 aromatic carbocycles. The van der Waals surface area contributed by atoms with Crippen LogP contribution in [0.3, 0.4) is 0 Å². The van der Waals surface area contributed by atoms with Crippen molar-refractivity contribution < 1.29 is 4.79 Å². The molecule has 0 atom stereocenters. The van der Waals surface area contributed by atoms with E-state index in [1.165, 1.54) is 30.4 Å². The second-order valence-electron chi connectivity index (χ2n) is 7.28. The number of hydrogen-bond acceptors (Lipinski definition) is 2. The van der Waals surface area contributed by atoms with Crippen LogP contribution in [-0.2, 0) is 17.6 Å². The monoisotopic (exact) mass is 336 g/mol. The Balaban J connectivity index is 0.00000192. The van der Waals surface area contributed by atoms with Crippen LogP contribution in [0.1, 0.15) is 49.7 Å². The van der Waals surface area contributed by atoms with E-state index in [2.05, 4.69) is 24.3 Å². The Morgan fingerprint density at radius 2 is 1.74 bits per heavy atom. The van der Waals surface area contributed by atoms with Gasteiger partial charge in [-0.3, -0.25) is 4.79 Å². The van der Waals surface area contributed by atoms with Crippen molar-refractivity contribution in [1.82, 2.24) is 4.90 Å². The van der Waals surface area contributed by atoms with Crippen molar-refractivity contribution >= 4 is 18.3 Å². The first-order valence-corrected chi connectivity index (χ1v) is 8.66. The minimum Gasteiger partial charge on any atom is -0.342 e. The zero-order chi connectivity index (χ0) is 15.6. The van der Waals surface area contributed by atoms with Gasteiger partial charge < -0.3 is 10.6 Å². The molecule has 1 amide bonds. The van der Waals surface area contributed by atoms with Gasteiger partial charge in [-0.25, -0.2) is 0 Å². The van der Waals surface area contributed by atoms with E-state index in [0.29, 0.717) is 19.0 Å². The van der Waals surface area contributed by atoms with Gasteiger partial charge in [0, 0.05) is 19.5 Å². The van der Waals surface area contributed by atoms with Crippen LogP contribution in [-0.4, -0.2) is 30.4 Å². The second kappa shape index (κ2) is 7.67. The molecule has 0 bridgehead atoms. The van der Waals surface area contributed by atoms with Gasteiger partial charge in [-0.15, -0.1) is 12.4 Å². The molecule has 0 radical (unpaired) electrons. The predicted molar refractivity (Wildman–Crippen MR) is 96.8 cm³/mol. The average molecular weight is 337 g/mol. The lowest BCUT2D eigenvalue weighted by molar-refractivity contribution is -0.134. The Bertz CT molecular complexity index is 515. The maximum Gasteiger partial charge on any atom is 0.223 e. The summed E-state index contributed by atoms with van der Waals surface area (Å²) in [4.78, 5) is 14.8. The highest BCUT2D eigenvalue weighted by Crippen LogP contribution is 2.39. The number of nitrogens with two attached hydrogens (primary N) is 1. The Kier molecular flexibility index (Phi) is 6.10. The van der Waals surface area contributed by atoms with Crippen molar-refractivity contribution in [2.45, 2.75) is 57.4 Å². The van der Waals surface area contributed by atoms with E-state index in [9.17, 15) is 4.79 Å². The Hall–Kier alpha value is -1.06. The molecule has 4 heteroatoms. The van der Waals surface area contributed by atoms with E-state index in [1.54, 1.807) is 0 Å². The number of likely N-dealkylation sites (N-methyl/N-ethyl adjacent to an activating group) is 1. The summed E-state index contributed by atoms with van der Waals surface area (Å²) in [6.45, 7) is 0.650. The third-order valence-electron chi connectivity index (χ3n) is 5.84. The molecule has 0 heterocycles. The molecule has 1 aromatic rings. The first-order valence-electron chi connectivity index (χ1n) is 8.66. The van der Waals surface area contributed by atoms with Crippen LogP contribution >= 0.6 is 12.4 Å². The van der Waals surface area contributed by atoms with E-state index in [-0.39, 0.29) is 23.7 Å². The van der Waals surface area contributed by atoms with Gasteiger partial charge in [0.05, 0.1) is 0 Å². The van der Waals surface area contributed by atoms with Gasteiger partial charge in [0.1, 0.15) is 0 Å². The topological polar surface area (TPSA) is 46.3 Å². The van der Waals surface area contributed by atoms with Crippen molar-refractivity contribution in [3.63, 3.8) is 0 Å². The highest BCUT2D eigenvalue weighted by atomic mass is 35.5. The Morgan fingerprint density at radius 1 is 1.17 bits per heavy atom. The number of hydrogen-bond donors (Lipinski definition) is 1. The number of halogens is 1. The number of rotatable bonds is 4. The normalized spacial score (nSPS) is 19.7. The minimum absolute atomic E-state index is 0. The lowest BCUT2D eigenvalue weighted by Crippen LogP contribution is -2.43. The third-order valence-corrected chi connectivity index (χ3v) is 5.84. The zero-order valence-electron chi connectivity index (χ0n) is 14.1. The maximum atomic E-state index is 12.8. The van der Waals surface area contributed by atoms with E-state index in [4.69, 9.17) is 5.73 Å². The van der Waals surface area contributed by atoms with Gasteiger partial charge >= 0.3 is 0 Å². The predicted octanol–water partition coefficient (Wildman–Crippen LogP) is 3.33. The molecule has 0 saturated heterocycles. The molecular weight excluding hydrogens is 308 g/mol. The van der Waals surface area contributed by atoms with Crippen molar-refractivity contribution in [3.05, 3.63) is 35.4 Å². The van der Waals surface area contributed by atoms with E-state index >= 15 is 0 Å². The summed E-state index contributed by atoms with van der Waals surface area (Å²) in [5, 5.41) is 0. The molecule has 2 aliphatic rings. The molecule has 3 rings (SSSR count). The lowest BCUT2D eigenvalue weighted by atomic mass is 9.71. The molecule has 128 valence electrons. The largest absolute Gasteiger partial charge is 0.342 e. The van der Waals surface area contributed by atoms with Gasteiger partial charge in [-0.1, -0.05) is 43.5 Å². The van der Waals surface area contributed by atoms with Crippen molar-refractivity contribution in [1.29, 1.82) is 0 Å². The maximum absolute atomic E-state index is 12.8. The molecule has 2 N–H and O–H groups in total. The smallest absolute Gasteiger partial charge is 0.223 e. The summed E-state index contributed by atoms with van der Waals surface area (Å²) in [6.07, 6.45) is 8.60. The Labute approximate surface area is 146 Å². The summed E-state index contributed by atoms with van der Waals surface area (Å²) in [5.41, 5.74) is 8.91. The van der Waals surface area contributed by atoms with E-state index < -0.39 is 0 Å². The van der Waals surface area contributed by atoms with Crippen molar-refractivity contribution in [3.8, 4) is 0 Å². The second-order valence-corrected chi connectivity index (χ2v) is 7.28. The molecular formula is C19H29ClN2O. The van der Waals surface area contributed by atoms with Crippen LogP contribution in [0.4, 0.5) is 0 Å². The standard InChI is InChI=1S/C19H28N2O.ClH/c1-21(17-11-15-7-3-4-8-16(15)12-17)18(22)13-19(14-20)9-5-2-6-10-19;/h3-4,7-8,17H,2,5-6,9-14,20H2,1H3;1H. The van der Waals surface area contributed by atoms with Crippen LogP contribution in [0.25, 0.3) is 0 Å². The quantitative estimate of drug-likeness (QED) is 0.916. The molecule has 1 saturated carbocycles. The van der Waals surface area contributed by atoms with Crippen LogP contribution in [0, 0.1) is 5.41 Å². The summed E-state index contributed by atoms with van der Waals surface area (Å²) >= 11 is 0. The molecule has 0 aliphatic heterocycles. The zero-order valence-corrected chi connectivity index (χ0v) is 14.9. The molecule has 23 heavy (non-hydrogen) atoms. The fourth-order valence-electron chi connectivity index (χ4n) is 4.21. The van der Waals surface area contributed by atoms with Gasteiger partial charge in [0.25, 0.3) is 0 Å². The average Bonchev–Trinajstić information content (AvgIpc) is 2.99. The molecule has 0 spiro atoms. The number of carbonyl (C=O) groups is 1. The fourth-order valence-corrected chi connectivity index (χ4v) is 4.21. The van der Waals surface area contributed by atoms with Crippen molar-refractivity contribution in [2.24, 2.45) is 11.1 Å².